The zero-order valence-corrected chi connectivity index (χ0v) is 23.3. The van der Waals surface area contributed by atoms with E-state index < -0.39 is 29.8 Å². The predicted octanol–water partition coefficient (Wildman–Crippen LogP) is -3.76. The molecule has 2 saturated heterocycles. The number of nitrogens with one attached hydrogen (secondary N) is 3. The number of ether oxygens (including phenoxy) is 3. The minimum Gasteiger partial charge on any atom is -0.394 e. The molecule has 230 valence electrons. The van der Waals surface area contributed by atoms with E-state index >= 15 is 0 Å². The summed E-state index contributed by atoms with van der Waals surface area (Å²) in [6, 6.07) is -2.14. The molecule has 0 unspecified atom stereocenters. The van der Waals surface area contributed by atoms with Gasteiger partial charge in [-0.25, -0.2) is 9.67 Å². The van der Waals surface area contributed by atoms with Gasteiger partial charge in [0.05, 0.1) is 63.9 Å². The van der Waals surface area contributed by atoms with Crippen LogP contribution >= 0.6 is 0 Å². The van der Waals surface area contributed by atoms with E-state index in [1.807, 2.05) is 0 Å². The molecular formula is C25H37N9O8. The number of hydrogen-bond donors (Lipinski definition) is 4. The van der Waals surface area contributed by atoms with Gasteiger partial charge in [-0.3, -0.25) is 19.2 Å². The lowest BCUT2D eigenvalue weighted by Gasteiger charge is -2.26. The zero-order valence-electron chi connectivity index (χ0n) is 23.3. The third-order valence-corrected chi connectivity index (χ3v) is 6.55. The maximum absolute atomic E-state index is 13.5. The van der Waals surface area contributed by atoms with Gasteiger partial charge >= 0.3 is 0 Å². The molecule has 0 radical (unpaired) electrons. The molecular weight excluding hydrogens is 554 g/mol. The van der Waals surface area contributed by atoms with E-state index in [1.54, 1.807) is 21.9 Å². The van der Waals surface area contributed by atoms with Crippen LogP contribution in [-0.2, 0) is 59.3 Å². The second-order valence-electron chi connectivity index (χ2n) is 9.77. The Balaban J connectivity index is 1.47. The molecule has 2 aromatic heterocycles. The van der Waals surface area contributed by atoms with E-state index in [4.69, 9.17) is 19.3 Å². The monoisotopic (exact) mass is 591 g/mol. The van der Waals surface area contributed by atoms with Crippen molar-refractivity contribution in [2.45, 2.75) is 38.0 Å². The normalized spacial score (nSPS) is 21.5. The van der Waals surface area contributed by atoms with Crippen molar-refractivity contribution in [3.05, 3.63) is 30.1 Å². The summed E-state index contributed by atoms with van der Waals surface area (Å²) in [5.41, 5.74) is 0.890. The molecule has 0 aromatic carbocycles. The van der Waals surface area contributed by atoms with Gasteiger partial charge < -0.3 is 44.7 Å². The number of morpholine rings is 1. The van der Waals surface area contributed by atoms with Crippen molar-refractivity contribution in [3.63, 3.8) is 0 Å². The number of hydrogen-bond acceptors (Lipinski definition) is 11. The van der Waals surface area contributed by atoms with Gasteiger partial charge in [0.1, 0.15) is 25.2 Å². The van der Waals surface area contributed by atoms with Gasteiger partial charge in [0, 0.05) is 44.9 Å². The number of aromatic nitrogens is 5. The average Bonchev–Trinajstić information content (AvgIpc) is 3.62. The molecule has 4 heterocycles. The SMILES string of the molecule is O=C1COCCOCCNC(=O)[C@@H](Cc2cn(CCO)nn2)NC(=O)[C@H](Cc2cn(CC(=O)N3CCOCC3)cn2)N1. The molecule has 2 aliphatic rings. The highest BCUT2D eigenvalue weighted by Crippen LogP contribution is 2.07. The number of imidazole rings is 1. The van der Waals surface area contributed by atoms with Crippen LogP contribution < -0.4 is 16.0 Å². The second-order valence-corrected chi connectivity index (χ2v) is 9.77. The Morgan fingerprint density at radius 1 is 0.929 bits per heavy atom. The Labute approximate surface area is 241 Å². The molecule has 4 amide bonds. The van der Waals surface area contributed by atoms with Crippen molar-refractivity contribution >= 4 is 23.6 Å². The summed E-state index contributed by atoms with van der Waals surface area (Å²) in [5, 5.41) is 25.2. The number of rotatable bonds is 8. The maximum Gasteiger partial charge on any atom is 0.246 e. The standard InChI is InChI=1S/C25H37N9O8/c35-5-2-34-14-19(30-31-34)12-20-24(38)26-1-6-40-9-10-42-16-22(36)28-21(25(39)29-20)11-18-13-32(17-27-18)15-23(37)33-3-7-41-8-4-33/h13-14,17,20-21,35H,1-12,15-16H2,(H,26,38)(H,28,36)(H,29,39)/t20-,21+/m1/s1. The number of nitrogens with zero attached hydrogens (tertiary/aromatic N) is 6. The fourth-order valence-electron chi connectivity index (χ4n) is 4.41. The number of aliphatic hydroxyl groups excluding tert-OH is 1. The molecule has 0 aliphatic carbocycles. The highest BCUT2D eigenvalue weighted by Gasteiger charge is 2.29. The first-order valence-corrected chi connectivity index (χ1v) is 13.8. The first-order chi connectivity index (χ1) is 20.4. The molecule has 4 rings (SSSR count). The van der Waals surface area contributed by atoms with Crippen molar-refractivity contribution in [1.82, 2.24) is 45.4 Å². The van der Waals surface area contributed by atoms with Crippen LogP contribution in [0.2, 0.25) is 0 Å². The average molecular weight is 592 g/mol. The van der Waals surface area contributed by atoms with Crippen LogP contribution in [0.1, 0.15) is 11.4 Å². The van der Waals surface area contributed by atoms with E-state index in [-0.39, 0.29) is 71.4 Å². The van der Waals surface area contributed by atoms with Crippen molar-refractivity contribution in [2.24, 2.45) is 0 Å². The summed E-state index contributed by atoms with van der Waals surface area (Å²) in [5.74, 6) is -1.69. The molecule has 2 atom stereocenters. The molecule has 4 N–H and O–H groups in total. The highest BCUT2D eigenvalue weighted by atomic mass is 16.5. The summed E-state index contributed by atoms with van der Waals surface area (Å²) in [4.78, 5) is 57.8. The van der Waals surface area contributed by atoms with Gasteiger partial charge in [-0.15, -0.1) is 5.10 Å². The quantitative estimate of drug-likeness (QED) is 0.235. The minimum atomic E-state index is -1.10. The second kappa shape index (κ2) is 15.9. The fraction of sp³-hybridized carbons (Fsp3) is 0.640. The van der Waals surface area contributed by atoms with Crippen molar-refractivity contribution in [1.29, 1.82) is 0 Å². The third kappa shape index (κ3) is 9.57. The highest BCUT2D eigenvalue weighted by molar-refractivity contribution is 5.92. The van der Waals surface area contributed by atoms with Gasteiger partial charge in [-0.2, -0.15) is 0 Å². The molecule has 0 bridgehead atoms. The molecule has 2 aliphatic heterocycles. The topological polar surface area (TPSA) is 204 Å². The van der Waals surface area contributed by atoms with Crippen LogP contribution in [0.3, 0.4) is 0 Å². The summed E-state index contributed by atoms with van der Waals surface area (Å²) < 4.78 is 19.1. The van der Waals surface area contributed by atoms with E-state index in [0.717, 1.165) is 0 Å². The molecule has 0 spiro atoms. The lowest BCUT2D eigenvalue weighted by atomic mass is 10.1. The van der Waals surface area contributed by atoms with E-state index in [1.165, 1.54) is 11.0 Å². The van der Waals surface area contributed by atoms with Crippen LogP contribution in [0.4, 0.5) is 0 Å². The smallest absolute Gasteiger partial charge is 0.246 e. The predicted molar refractivity (Wildman–Crippen MR) is 143 cm³/mol. The van der Waals surface area contributed by atoms with Gasteiger partial charge in [-0.05, 0) is 0 Å². The van der Waals surface area contributed by atoms with Crippen molar-refractivity contribution < 1.29 is 38.5 Å². The summed E-state index contributed by atoms with van der Waals surface area (Å²) in [6.45, 7) is 2.72. The molecule has 17 heteroatoms. The number of carbonyl (C=O) groups excluding carboxylic acids is 4. The number of amides is 4. The zero-order chi connectivity index (χ0) is 29.7. The number of aliphatic hydroxyl groups is 1. The fourth-order valence-corrected chi connectivity index (χ4v) is 4.41. The van der Waals surface area contributed by atoms with Crippen LogP contribution in [0.5, 0.6) is 0 Å². The van der Waals surface area contributed by atoms with Crippen LogP contribution in [0, 0.1) is 0 Å². The van der Waals surface area contributed by atoms with E-state index in [2.05, 4.69) is 31.2 Å². The lowest BCUT2D eigenvalue weighted by molar-refractivity contribution is -0.135. The summed E-state index contributed by atoms with van der Waals surface area (Å²) in [6.07, 6.45) is 4.74. The van der Waals surface area contributed by atoms with Gasteiger partial charge in [0.2, 0.25) is 23.6 Å². The molecule has 2 aromatic rings. The Morgan fingerprint density at radius 3 is 2.48 bits per heavy atom. The first-order valence-electron chi connectivity index (χ1n) is 13.8. The first kappa shape index (κ1) is 31.0. The molecule has 0 saturated carbocycles. The van der Waals surface area contributed by atoms with Crippen molar-refractivity contribution in [3.8, 4) is 0 Å². The van der Waals surface area contributed by atoms with Crippen molar-refractivity contribution in [2.75, 3.05) is 65.9 Å². The Hall–Kier alpha value is -3.93. The molecule has 42 heavy (non-hydrogen) atoms. The Bertz CT molecular complexity index is 1200. The van der Waals surface area contributed by atoms with Gasteiger partial charge in [0.25, 0.3) is 0 Å². The summed E-state index contributed by atoms with van der Waals surface area (Å²) >= 11 is 0. The van der Waals surface area contributed by atoms with Crippen LogP contribution in [0.25, 0.3) is 0 Å². The maximum atomic E-state index is 13.5. The van der Waals surface area contributed by atoms with Crippen LogP contribution in [-0.4, -0.2) is 136 Å². The Kier molecular flexibility index (Phi) is 11.7. The largest absolute Gasteiger partial charge is 0.394 e. The van der Waals surface area contributed by atoms with Crippen LogP contribution in [0.15, 0.2) is 18.7 Å². The van der Waals surface area contributed by atoms with Gasteiger partial charge in [0.15, 0.2) is 0 Å². The summed E-state index contributed by atoms with van der Waals surface area (Å²) in [7, 11) is 0. The minimum absolute atomic E-state index is 0.000447. The Morgan fingerprint density at radius 2 is 1.67 bits per heavy atom. The van der Waals surface area contributed by atoms with E-state index in [9.17, 15) is 19.2 Å². The van der Waals surface area contributed by atoms with Gasteiger partial charge in [-0.1, -0.05) is 5.21 Å². The third-order valence-electron chi connectivity index (χ3n) is 6.55. The number of carbonyl (C=O) groups is 4. The lowest BCUT2D eigenvalue weighted by Crippen LogP contribution is -2.55. The van der Waals surface area contributed by atoms with E-state index in [0.29, 0.717) is 37.7 Å². The molecule has 17 nitrogen and oxygen atoms in total. The molecule has 2 fully saturated rings.